The molecule has 0 spiro atoms. The summed E-state index contributed by atoms with van der Waals surface area (Å²) in [4.78, 5) is 2.82. The molecule has 1 aromatic carbocycles. The van der Waals surface area contributed by atoms with E-state index in [9.17, 15) is 18.3 Å². The Morgan fingerprint density at radius 1 is 1.25 bits per heavy atom. The van der Waals surface area contributed by atoms with E-state index in [-0.39, 0.29) is 5.56 Å². The highest BCUT2D eigenvalue weighted by atomic mass is 19.4. The van der Waals surface area contributed by atoms with E-state index in [0.29, 0.717) is 16.6 Å². The first-order valence-electron chi connectivity index (χ1n) is 4.73. The number of aromatic amines is 1. The molecule has 1 aromatic heterocycles. The van der Waals surface area contributed by atoms with Crippen molar-refractivity contribution < 1.29 is 18.3 Å². The van der Waals surface area contributed by atoms with Crippen molar-refractivity contribution in [3.8, 4) is 0 Å². The van der Waals surface area contributed by atoms with Crippen LogP contribution in [0.1, 0.15) is 17.4 Å². The number of aliphatic hydroxyl groups excluding tert-OH is 1. The molecule has 0 aliphatic heterocycles. The number of rotatable bonds is 1. The second-order valence-electron chi connectivity index (χ2n) is 3.65. The van der Waals surface area contributed by atoms with Crippen LogP contribution in [0.3, 0.4) is 0 Å². The molecule has 2 aromatic rings. The smallest absolute Gasteiger partial charge is 0.379 e. The van der Waals surface area contributed by atoms with Crippen LogP contribution in [0.25, 0.3) is 10.9 Å². The molecule has 86 valence electrons. The Bertz CT molecular complexity index is 515. The van der Waals surface area contributed by atoms with E-state index >= 15 is 0 Å². The van der Waals surface area contributed by atoms with Crippen LogP contribution < -0.4 is 0 Å². The molecule has 2 N–H and O–H groups in total. The van der Waals surface area contributed by atoms with Gasteiger partial charge in [-0.2, -0.15) is 13.2 Å². The lowest BCUT2D eigenvalue weighted by molar-refractivity contribution is -0.206. The van der Waals surface area contributed by atoms with Gasteiger partial charge in [-0.3, -0.25) is 0 Å². The Kier molecular flexibility index (Phi) is 2.42. The Morgan fingerprint density at radius 3 is 2.50 bits per heavy atom. The number of aliphatic hydroxyl groups is 1. The first kappa shape index (κ1) is 11.0. The second-order valence-corrected chi connectivity index (χ2v) is 3.65. The number of para-hydroxylation sites is 1. The van der Waals surface area contributed by atoms with E-state index in [1.54, 1.807) is 24.3 Å². The molecule has 0 radical (unpaired) electrons. The zero-order chi connectivity index (χ0) is 11.9. The van der Waals surface area contributed by atoms with Crippen LogP contribution in [0, 0.1) is 6.92 Å². The van der Waals surface area contributed by atoms with E-state index in [0.717, 1.165) is 0 Å². The quantitative estimate of drug-likeness (QED) is 0.774. The number of aromatic nitrogens is 1. The molecular formula is C11H10F3NO. The van der Waals surface area contributed by atoms with Gasteiger partial charge in [0.2, 0.25) is 0 Å². The van der Waals surface area contributed by atoms with Gasteiger partial charge in [-0.25, -0.2) is 0 Å². The number of aryl methyl sites for hydroxylation is 1. The van der Waals surface area contributed by atoms with Crippen LogP contribution in [-0.2, 0) is 0 Å². The average Bonchev–Trinajstić information content (AvgIpc) is 2.51. The first-order valence-corrected chi connectivity index (χ1v) is 4.73. The van der Waals surface area contributed by atoms with Crippen molar-refractivity contribution >= 4 is 10.9 Å². The van der Waals surface area contributed by atoms with Crippen LogP contribution in [0.4, 0.5) is 13.2 Å². The summed E-state index contributed by atoms with van der Waals surface area (Å²) in [5.74, 6) is 0. The summed E-state index contributed by atoms with van der Waals surface area (Å²) in [6.45, 7) is 1.52. The highest BCUT2D eigenvalue weighted by Gasteiger charge is 2.41. The number of alkyl halides is 3. The largest absolute Gasteiger partial charge is 0.418 e. The molecule has 5 heteroatoms. The van der Waals surface area contributed by atoms with Crippen molar-refractivity contribution in [3.63, 3.8) is 0 Å². The molecule has 0 aliphatic rings. The minimum atomic E-state index is -4.64. The van der Waals surface area contributed by atoms with Crippen molar-refractivity contribution in [3.05, 3.63) is 35.5 Å². The number of halogens is 3. The summed E-state index contributed by atoms with van der Waals surface area (Å²) in [6, 6.07) is 6.60. The monoisotopic (exact) mass is 229 g/mol. The molecule has 0 aliphatic carbocycles. The van der Waals surface area contributed by atoms with E-state index in [1.807, 2.05) is 0 Å². The predicted octanol–water partition coefficient (Wildman–Crippen LogP) is 3.07. The summed E-state index contributed by atoms with van der Waals surface area (Å²) in [5, 5.41) is 9.69. The zero-order valence-corrected chi connectivity index (χ0v) is 8.47. The molecule has 0 bridgehead atoms. The van der Waals surface area contributed by atoms with Gasteiger partial charge in [-0.15, -0.1) is 0 Å². The first-order chi connectivity index (χ1) is 7.41. The van der Waals surface area contributed by atoms with Crippen LogP contribution in [0.2, 0.25) is 0 Å². The third-order valence-corrected chi connectivity index (χ3v) is 2.53. The van der Waals surface area contributed by atoms with Crippen molar-refractivity contribution in [1.82, 2.24) is 4.98 Å². The number of H-pyrrole nitrogens is 1. The average molecular weight is 229 g/mol. The van der Waals surface area contributed by atoms with E-state index in [4.69, 9.17) is 0 Å². The maximum absolute atomic E-state index is 12.5. The van der Waals surface area contributed by atoms with Crippen LogP contribution in [0.15, 0.2) is 24.3 Å². The fourth-order valence-corrected chi connectivity index (χ4v) is 1.81. The van der Waals surface area contributed by atoms with Crippen LogP contribution in [0.5, 0.6) is 0 Å². The lowest BCUT2D eigenvalue weighted by Gasteiger charge is -2.14. The van der Waals surface area contributed by atoms with Gasteiger partial charge in [-0.1, -0.05) is 18.2 Å². The highest BCUT2D eigenvalue weighted by molar-refractivity contribution is 5.85. The van der Waals surface area contributed by atoms with Gasteiger partial charge in [0.1, 0.15) is 0 Å². The van der Waals surface area contributed by atoms with Gasteiger partial charge in [0.25, 0.3) is 0 Å². The zero-order valence-electron chi connectivity index (χ0n) is 8.47. The fourth-order valence-electron chi connectivity index (χ4n) is 1.81. The Hall–Kier alpha value is -1.49. The minimum absolute atomic E-state index is 0.0944. The molecule has 0 fully saturated rings. The molecule has 1 heterocycles. The van der Waals surface area contributed by atoms with Gasteiger partial charge in [-0.05, 0) is 13.0 Å². The summed E-state index contributed by atoms with van der Waals surface area (Å²) >= 11 is 0. The molecule has 0 saturated heterocycles. The minimum Gasteiger partial charge on any atom is -0.379 e. The second kappa shape index (κ2) is 3.52. The number of nitrogens with one attached hydrogen (secondary N) is 1. The van der Waals surface area contributed by atoms with Crippen LogP contribution in [-0.4, -0.2) is 16.3 Å². The third kappa shape index (κ3) is 1.67. The lowest BCUT2D eigenvalue weighted by Crippen LogP contribution is -2.20. The number of hydrogen-bond acceptors (Lipinski definition) is 1. The van der Waals surface area contributed by atoms with Gasteiger partial charge in [0.15, 0.2) is 6.10 Å². The molecule has 0 saturated carbocycles. The molecule has 16 heavy (non-hydrogen) atoms. The normalized spacial score (nSPS) is 14.3. The summed E-state index contributed by atoms with van der Waals surface area (Å²) in [7, 11) is 0. The Morgan fingerprint density at radius 2 is 1.88 bits per heavy atom. The number of fused-ring (bicyclic) bond motifs is 1. The third-order valence-electron chi connectivity index (χ3n) is 2.53. The maximum atomic E-state index is 12.5. The van der Waals surface area contributed by atoms with Gasteiger partial charge in [0, 0.05) is 22.2 Å². The number of benzene rings is 1. The van der Waals surface area contributed by atoms with E-state index in [1.165, 1.54) is 6.92 Å². The maximum Gasteiger partial charge on any atom is 0.418 e. The van der Waals surface area contributed by atoms with Gasteiger partial charge in [0.05, 0.1) is 0 Å². The van der Waals surface area contributed by atoms with Gasteiger partial charge < -0.3 is 10.1 Å². The van der Waals surface area contributed by atoms with Gasteiger partial charge >= 0.3 is 6.18 Å². The molecule has 0 amide bonds. The van der Waals surface area contributed by atoms with Crippen molar-refractivity contribution in [1.29, 1.82) is 0 Å². The van der Waals surface area contributed by atoms with Crippen LogP contribution >= 0.6 is 0 Å². The predicted molar refractivity (Wildman–Crippen MR) is 54.1 cm³/mol. The van der Waals surface area contributed by atoms with E-state index in [2.05, 4.69) is 4.98 Å². The highest BCUT2D eigenvalue weighted by Crippen LogP contribution is 2.37. The SMILES string of the molecule is Cc1[nH]c2ccccc2c1C(O)C(F)(F)F. The summed E-state index contributed by atoms with van der Waals surface area (Å²) < 4.78 is 37.4. The number of hydrogen-bond donors (Lipinski definition) is 2. The van der Waals surface area contributed by atoms with E-state index < -0.39 is 12.3 Å². The summed E-state index contributed by atoms with van der Waals surface area (Å²) in [6.07, 6.45) is -7.08. The van der Waals surface area contributed by atoms with Crippen molar-refractivity contribution in [2.24, 2.45) is 0 Å². The molecule has 1 unspecified atom stereocenters. The Labute approximate surface area is 89.7 Å². The molecule has 1 atom stereocenters. The standard InChI is InChI=1S/C11H10F3NO/c1-6-9(10(16)11(12,13)14)7-4-2-3-5-8(7)15-6/h2-5,10,15-16H,1H3. The molecule has 2 nitrogen and oxygen atoms in total. The molecular weight excluding hydrogens is 219 g/mol. The lowest BCUT2D eigenvalue weighted by atomic mass is 10.1. The fraction of sp³-hybridized carbons (Fsp3) is 0.273. The summed E-state index contributed by atoms with van der Waals surface area (Å²) in [5.41, 5.74) is 0.840. The topological polar surface area (TPSA) is 36.0 Å². The molecule has 2 rings (SSSR count). The van der Waals surface area contributed by atoms with Crippen molar-refractivity contribution in [2.75, 3.05) is 0 Å². The Balaban J connectivity index is 2.64. The van der Waals surface area contributed by atoms with Crippen molar-refractivity contribution in [2.45, 2.75) is 19.2 Å².